The minimum Gasteiger partial charge on any atom is -0.330 e. The van der Waals surface area contributed by atoms with Gasteiger partial charge in [0.15, 0.2) is 4.87 Å². The van der Waals surface area contributed by atoms with Crippen LogP contribution in [-0.2, 0) is 9.67 Å². The lowest BCUT2D eigenvalue weighted by atomic mass is 10.0. The van der Waals surface area contributed by atoms with Crippen LogP contribution in [0.1, 0.15) is 15.9 Å². The molecule has 1 saturated heterocycles. The summed E-state index contributed by atoms with van der Waals surface area (Å²) in [6, 6.07) is 11.6. The monoisotopic (exact) mass is 255 g/mol. The Balaban J connectivity index is 2.11. The van der Waals surface area contributed by atoms with Gasteiger partial charge in [0.2, 0.25) is 11.7 Å². The van der Waals surface area contributed by atoms with Gasteiger partial charge in [0, 0.05) is 11.1 Å². The van der Waals surface area contributed by atoms with Crippen LogP contribution >= 0.6 is 11.8 Å². The number of fused-ring (bicyclic) bond motifs is 1. The molecule has 1 aliphatic heterocycles. The molecule has 1 amide bonds. The molecule has 1 heterocycles. The number of benzene rings is 2. The molecule has 2 aromatic rings. The molecule has 4 heteroatoms. The third-order valence-electron chi connectivity index (χ3n) is 3.58. The van der Waals surface area contributed by atoms with Crippen molar-refractivity contribution >= 4 is 34.2 Å². The maximum absolute atomic E-state index is 12.6. The van der Waals surface area contributed by atoms with E-state index >= 15 is 0 Å². The number of carbonyl (C=O) groups is 2. The van der Waals surface area contributed by atoms with Crippen molar-refractivity contribution in [3.63, 3.8) is 0 Å². The van der Waals surface area contributed by atoms with E-state index in [0.717, 1.165) is 21.9 Å². The summed E-state index contributed by atoms with van der Waals surface area (Å²) >= 11 is 1.39. The van der Waals surface area contributed by atoms with Crippen LogP contribution in [0.2, 0.25) is 0 Å². The molecular formula is C14H9NO2S. The van der Waals surface area contributed by atoms with Gasteiger partial charge in [-0.3, -0.25) is 9.59 Å². The molecule has 0 saturated carbocycles. The highest BCUT2D eigenvalue weighted by molar-refractivity contribution is 8.02. The minimum absolute atomic E-state index is 0.00477. The molecule has 3 nitrogen and oxygen atoms in total. The molecule has 0 radical (unpaired) electrons. The van der Waals surface area contributed by atoms with Gasteiger partial charge in [-0.1, -0.05) is 36.4 Å². The van der Waals surface area contributed by atoms with Crippen LogP contribution in [0.5, 0.6) is 0 Å². The lowest BCUT2D eigenvalue weighted by Gasteiger charge is -2.21. The second-order valence-corrected chi connectivity index (χ2v) is 5.75. The normalized spacial score (nSPS) is 25.1. The average molecular weight is 255 g/mol. The van der Waals surface area contributed by atoms with Crippen molar-refractivity contribution in [3.05, 3.63) is 47.5 Å². The van der Waals surface area contributed by atoms with Crippen molar-refractivity contribution in [2.75, 3.05) is 5.75 Å². The number of carbonyl (C=O) groups excluding carboxylic acids is 2. The molecule has 2 aliphatic rings. The summed E-state index contributed by atoms with van der Waals surface area (Å²) in [5, 5.41) is 4.90. The van der Waals surface area contributed by atoms with Gasteiger partial charge in [0.25, 0.3) is 0 Å². The Kier molecular flexibility index (Phi) is 1.77. The number of Topliss-reactive ketones (excluding diaryl/α,β-unsaturated/α-hetero) is 1. The number of ketones is 1. The summed E-state index contributed by atoms with van der Waals surface area (Å²) in [7, 11) is 0. The molecule has 2 aromatic carbocycles. The van der Waals surface area contributed by atoms with Crippen LogP contribution in [0.15, 0.2) is 36.4 Å². The lowest BCUT2D eigenvalue weighted by Crippen LogP contribution is -2.41. The highest BCUT2D eigenvalue weighted by Crippen LogP contribution is 2.49. The molecule has 1 fully saturated rings. The fraction of sp³-hybridized carbons (Fsp3) is 0.143. The number of hydrogen-bond acceptors (Lipinski definition) is 3. The maximum Gasteiger partial charge on any atom is 0.231 e. The Labute approximate surface area is 108 Å². The van der Waals surface area contributed by atoms with Crippen molar-refractivity contribution in [2.24, 2.45) is 0 Å². The van der Waals surface area contributed by atoms with Gasteiger partial charge in [0.05, 0.1) is 5.75 Å². The number of rotatable bonds is 0. The summed E-state index contributed by atoms with van der Waals surface area (Å²) in [5.74, 6) is 0.277. The summed E-state index contributed by atoms with van der Waals surface area (Å²) < 4.78 is 0. The van der Waals surface area contributed by atoms with Gasteiger partial charge >= 0.3 is 0 Å². The third kappa shape index (κ3) is 1.02. The quantitative estimate of drug-likeness (QED) is 0.783. The Morgan fingerprint density at radius 3 is 2.61 bits per heavy atom. The highest BCUT2D eigenvalue weighted by Gasteiger charge is 2.52. The Bertz CT molecular complexity index is 720. The SMILES string of the molecule is O=C1CSC2(N1)C(=O)c1cccc3cccc2c13. The number of nitrogens with one attached hydrogen (secondary N) is 1. The fourth-order valence-corrected chi connectivity index (χ4v) is 4.02. The zero-order chi connectivity index (χ0) is 12.3. The van der Waals surface area contributed by atoms with Gasteiger partial charge < -0.3 is 5.32 Å². The fourth-order valence-electron chi connectivity index (χ4n) is 2.85. The lowest BCUT2D eigenvalue weighted by molar-refractivity contribution is -0.118. The Morgan fingerprint density at radius 2 is 1.89 bits per heavy atom. The van der Waals surface area contributed by atoms with E-state index in [1.165, 1.54) is 11.8 Å². The van der Waals surface area contributed by atoms with Crippen LogP contribution in [-0.4, -0.2) is 17.4 Å². The molecule has 18 heavy (non-hydrogen) atoms. The second-order valence-electron chi connectivity index (χ2n) is 4.56. The molecule has 1 N–H and O–H groups in total. The van der Waals surface area contributed by atoms with E-state index in [-0.39, 0.29) is 11.7 Å². The smallest absolute Gasteiger partial charge is 0.231 e. The average Bonchev–Trinajstić information content (AvgIpc) is 2.88. The van der Waals surface area contributed by atoms with E-state index in [1.807, 2.05) is 36.4 Å². The van der Waals surface area contributed by atoms with E-state index in [1.54, 1.807) is 0 Å². The zero-order valence-electron chi connectivity index (χ0n) is 9.40. The molecular weight excluding hydrogens is 246 g/mol. The van der Waals surface area contributed by atoms with Crippen molar-refractivity contribution in [3.8, 4) is 0 Å². The molecule has 88 valence electrons. The molecule has 0 aromatic heterocycles. The first-order chi connectivity index (χ1) is 8.72. The molecule has 1 spiro atoms. The largest absolute Gasteiger partial charge is 0.330 e. The summed E-state index contributed by atoms with van der Waals surface area (Å²) in [4.78, 5) is 23.3. The van der Waals surface area contributed by atoms with Gasteiger partial charge in [0.1, 0.15) is 0 Å². The predicted octanol–water partition coefficient (Wildman–Crippen LogP) is 2.05. The number of amides is 1. The first kappa shape index (κ1) is 10.1. The topological polar surface area (TPSA) is 46.2 Å². The number of thioether (sulfide) groups is 1. The van der Waals surface area contributed by atoms with Gasteiger partial charge in [-0.15, -0.1) is 11.8 Å². The zero-order valence-corrected chi connectivity index (χ0v) is 10.2. The predicted molar refractivity (Wildman–Crippen MR) is 70.6 cm³/mol. The van der Waals surface area contributed by atoms with E-state index in [4.69, 9.17) is 0 Å². The van der Waals surface area contributed by atoms with Crippen molar-refractivity contribution < 1.29 is 9.59 Å². The van der Waals surface area contributed by atoms with Crippen molar-refractivity contribution in [1.82, 2.24) is 5.32 Å². The third-order valence-corrected chi connectivity index (χ3v) is 4.93. The van der Waals surface area contributed by atoms with Crippen LogP contribution in [0, 0.1) is 0 Å². The van der Waals surface area contributed by atoms with Crippen LogP contribution < -0.4 is 5.32 Å². The molecule has 1 aliphatic carbocycles. The highest BCUT2D eigenvalue weighted by atomic mass is 32.2. The number of hydrogen-bond donors (Lipinski definition) is 1. The van der Waals surface area contributed by atoms with E-state index in [9.17, 15) is 9.59 Å². The maximum atomic E-state index is 12.6. The van der Waals surface area contributed by atoms with Gasteiger partial charge in [-0.05, 0) is 10.8 Å². The molecule has 1 unspecified atom stereocenters. The van der Waals surface area contributed by atoms with Crippen LogP contribution in [0.3, 0.4) is 0 Å². The first-order valence-electron chi connectivity index (χ1n) is 5.74. The Hall–Kier alpha value is -1.81. The summed E-state index contributed by atoms with van der Waals surface area (Å²) in [6.45, 7) is 0. The summed E-state index contributed by atoms with van der Waals surface area (Å²) in [6.07, 6.45) is 0. The Morgan fingerprint density at radius 1 is 1.11 bits per heavy atom. The van der Waals surface area contributed by atoms with Crippen LogP contribution in [0.25, 0.3) is 10.8 Å². The van der Waals surface area contributed by atoms with Crippen LogP contribution in [0.4, 0.5) is 0 Å². The van der Waals surface area contributed by atoms with Gasteiger partial charge in [-0.25, -0.2) is 0 Å². The van der Waals surface area contributed by atoms with Gasteiger partial charge in [-0.2, -0.15) is 0 Å². The molecule has 4 rings (SSSR count). The standard InChI is InChI=1S/C14H9NO2S/c16-11-7-18-14(15-11)10-6-2-4-8-3-1-5-9(12(8)10)13(14)17/h1-6H,7H2,(H,15,16). The van der Waals surface area contributed by atoms with Crippen molar-refractivity contribution in [2.45, 2.75) is 4.87 Å². The molecule has 0 bridgehead atoms. The molecule has 1 atom stereocenters. The minimum atomic E-state index is -0.875. The first-order valence-corrected chi connectivity index (χ1v) is 6.73. The van der Waals surface area contributed by atoms with E-state index in [0.29, 0.717) is 5.75 Å². The van der Waals surface area contributed by atoms with E-state index < -0.39 is 4.87 Å². The summed E-state index contributed by atoms with van der Waals surface area (Å²) in [5.41, 5.74) is 1.65. The van der Waals surface area contributed by atoms with Crippen molar-refractivity contribution in [1.29, 1.82) is 0 Å². The second kappa shape index (κ2) is 3.14. The van der Waals surface area contributed by atoms with E-state index in [2.05, 4.69) is 5.32 Å².